The number of nitrogens with zero attached hydrogens (tertiary/aromatic N) is 1. The molecule has 1 aromatic rings. The number of nitrogens with one attached hydrogen (secondary N) is 3. The summed E-state index contributed by atoms with van der Waals surface area (Å²) in [6, 6.07) is 10.3. The zero-order valence-corrected chi connectivity index (χ0v) is 23.0. The topological polar surface area (TPSA) is 101 Å². The van der Waals surface area contributed by atoms with Crippen LogP contribution >= 0.6 is 0 Å². The molecule has 1 aromatic carbocycles. The second kappa shape index (κ2) is 16.7. The molecule has 0 atom stereocenters. The minimum atomic E-state index is -0.679. The Labute approximate surface area is 217 Å². The lowest BCUT2D eigenvalue weighted by Gasteiger charge is -2.22. The minimum Gasteiger partial charge on any atom is -0.444 e. The maximum absolute atomic E-state index is 12.1. The maximum atomic E-state index is 12.1. The van der Waals surface area contributed by atoms with Crippen LogP contribution in [-0.2, 0) is 9.47 Å². The van der Waals surface area contributed by atoms with Crippen LogP contribution in [0.2, 0.25) is 0 Å². The Morgan fingerprint density at radius 2 is 1.33 bits per heavy atom. The molecule has 0 spiro atoms. The third-order valence-electron chi connectivity index (χ3n) is 4.64. The molecule has 0 aromatic heterocycles. The quantitative estimate of drug-likeness (QED) is 0.184. The molecule has 0 aliphatic heterocycles. The van der Waals surface area contributed by atoms with E-state index in [0.717, 1.165) is 38.8 Å². The van der Waals surface area contributed by atoms with Crippen LogP contribution in [0.4, 0.5) is 9.59 Å². The van der Waals surface area contributed by atoms with Gasteiger partial charge < -0.3 is 14.8 Å². The van der Waals surface area contributed by atoms with E-state index in [9.17, 15) is 9.59 Å². The summed E-state index contributed by atoms with van der Waals surface area (Å²) in [5.41, 5.74) is -0.0951. The first-order valence-corrected chi connectivity index (χ1v) is 12.9. The SMILES string of the molecule is CC(C)(C)OC(=O)NC(=NCCCCCCCCNC/C=C/c1ccccc1)NC(=O)OC(C)(C)C. The molecule has 0 fully saturated rings. The lowest BCUT2D eigenvalue weighted by molar-refractivity contribution is 0.0545. The Hall–Kier alpha value is -2.87. The van der Waals surface area contributed by atoms with E-state index in [1.165, 1.54) is 18.4 Å². The van der Waals surface area contributed by atoms with Crippen LogP contribution in [-0.4, -0.2) is 49.0 Å². The second-order valence-electron chi connectivity index (χ2n) is 10.6. The number of guanidine groups is 1. The monoisotopic (exact) mass is 502 g/mol. The number of benzene rings is 1. The molecular formula is C28H46N4O4. The summed E-state index contributed by atoms with van der Waals surface area (Å²) in [6.45, 7) is 13.0. The molecule has 0 aliphatic rings. The van der Waals surface area contributed by atoms with Crippen LogP contribution in [0.25, 0.3) is 6.08 Å². The third kappa shape index (κ3) is 18.5. The molecule has 8 heteroatoms. The van der Waals surface area contributed by atoms with Crippen molar-refractivity contribution in [1.29, 1.82) is 0 Å². The predicted molar refractivity (Wildman–Crippen MR) is 147 cm³/mol. The number of aliphatic imine (C=N–C) groups is 1. The number of hydrogen-bond acceptors (Lipinski definition) is 6. The standard InChI is InChI=1S/C28H46N4O4/c1-27(2,3)35-25(33)31-24(32-26(34)36-28(4,5)6)30-22-15-10-8-7-9-14-20-29-21-16-19-23-17-12-11-13-18-23/h11-13,16-19,29H,7-10,14-15,20-22H2,1-6H3,(H2,30,31,32,33,34)/b19-16+. The molecule has 0 unspecified atom stereocenters. The van der Waals surface area contributed by atoms with E-state index in [4.69, 9.17) is 9.47 Å². The number of alkyl carbamates (subject to hydrolysis) is 2. The molecule has 0 heterocycles. The van der Waals surface area contributed by atoms with Gasteiger partial charge in [-0.25, -0.2) is 9.59 Å². The third-order valence-corrected chi connectivity index (χ3v) is 4.64. The van der Waals surface area contributed by atoms with E-state index in [0.29, 0.717) is 6.54 Å². The Kier molecular flexibility index (Phi) is 14.5. The Balaban J connectivity index is 2.24. The van der Waals surface area contributed by atoms with Crippen LogP contribution in [0.1, 0.15) is 85.6 Å². The van der Waals surface area contributed by atoms with Gasteiger partial charge in [-0.1, -0.05) is 68.2 Å². The van der Waals surface area contributed by atoms with Gasteiger partial charge in [0, 0.05) is 13.1 Å². The van der Waals surface area contributed by atoms with E-state index in [-0.39, 0.29) is 5.96 Å². The molecule has 202 valence electrons. The van der Waals surface area contributed by atoms with Gasteiger partial charge in [0.2, 0.25) is 5.96 Å². The molecule has 0 saturated heterocycles. The molecular weight excluding hydrogens is 456 g/mol. The number of rotatable bonds is 12. The molecule has 0 saturated carbocycles. The van der Waals surface area contributed by atoms with Crippen molar-refractivity contribution in [2.45, 2.75) is 91.3 Å². The zero-order valence-electron chi connectivity index (χ0n) is 23.0. The number of hydrogen-bond donors (Lipinski definition) is 3. The zero-order chi connectivity index (χ0) is 26.9. The summed E-state index contributed by atoms with van der Waals surface area (Å²) >= 11 is 0. The second-order valence-corrected chi connectivity index (χ2v) is 10.6. The van der Waals surface area contributed by atoms with Crippen molar-refractivity contribution in [3.8, 4) is 0 Å². The first-order chi connectivity index (χ1) is 16.9. The van der Waals surface area contributed by atoms with E-state index >= 15 is 0 Å². The van der Waals surface area contributed by atoms with Crippen molar-refractivity contribution in [1.82, 2.24) is 16.0 Å². The predicted octanol–water partition coefficient (Wildman–Crippen LogP) is 6.04. The number of carbonyl (C=O) groups excluding carboxylic acids is 2. The van der Waals surface area contributed by atoms with Gasteiger partial charge in [-0.05, 0) is 66.5 Å². The van der Waals surface area contributed by atoms with Crippen molar-refractivity contribution >= 4 is 24.2 Å². The largest absolute Gasteiger partial charge is 0.444 e. The average molecular weight is 503 g/mol. The summed E-state index contributed by atoms with van der Waals surface area (Å²) in [4.78, 5) is 28.5. The lowest BCUT2D eigenvalue weighted by atomic mass is 10.1. The summed E-state index contributed by atoms with van der Waals surface area (Å²) in [6.07, 6.45) is 9.45. The Morgan fingerprint density at radius 1 is 0.806 bits per heavy atom. The minimum absolute atomic E-state index is 0.0332. The lowest BCUT2D eigenvalue weighted by Crippen LogP contribution is -2.47. The van der Waals surface area contributed by atoms with Gasteiger partial charge in [0.05, 0.1) is 0 Å². The highest BCUT2D eigenvalue weighted by atomic mass is 16.6. The van der Waals surface area contributed by atoms with Crippen LogP contribution in [0.5, 0.6) is 0 Å². The molecule has 3 N–H and O–H groups in total. The average Bonchev–Trinajstić information content (AvgIpc) is 2.74. The van der Waals surface area contributed by atoms with Crippen molar-refractivity contribution in [2.75, 3.05) is 19.6 Å². The summed E-state index contributed by atoms with van der Waals surface area (Å²) in [5.74, 6) is 0.0332. The van der Waals surface area contributed by atoms with Crippen LogP contribution in [0.3, 0.4) is 0 Å². The fourth-order valence-corrected chi connectivity index (χ4v) is 3.12. The van der Waals surface area contributed by atoms with Crippen molar-refractivity contribution in [3.63, 3.8) is 0 Å². The van der Waals surface area contributed by atoms with Gasteiger partial charge in [-0.3, -0.25) is 15.6 Å². The van der Waals surface area contributed by atoms with Gasteiger partial charge in [0.15, 0.2) is 0 Å². The molecule has 0 radical (unpaired) electrons. The molecule has 0 aliphatic carbocycles. The number of unbranched alkanes of at least 4 members (excludes halogenated alkanes) is 5. The van der Waals surface area contributed by atoms with Crippen molar-refractivity contribution < 1.29 is 19.1 Å². The van der Waals surface area contributed by atoms with Crippen molar-refractivity contribution in [3.05, 3.63) is 42.0 Å². The number of carbonyl (C=O) groups is 2. The van der Waals surface area contributed by atoms with E-state index in [1.54, 1.807) is 41.5 Å². The highest BCUT2D eigenvalue weighted by Gasteiger charge is 2.21. The van der Waals surface area contributed by atoms with E-state index in [2.05, 4.69) is 45.2 Å². The van der Waals surface area contributed by atoms with Crippen LogP contribution < -0.4 is 16.0 Å². The molecule has 1 rings (SSSR count). The smallest absolute Gasteiger partial charge is 0.414 e. The van der Waals surface area contributed by atoms with Gasteiger partial charge >= 0.3 is 12.2 Å². The van der Waals surface area contributed by atoms with Gasteiger partial charge in [-0.15, -0.1) is 0 Å². The molecule has 36 heavy (non-hydrogen) atoms. The van der Waals surface area contributed by atoms with Gasteiger partial charge in [0.1, 0.15) is 11.2 Å². The summed E-state index contributed by atoms with van der Waals surface area (Å²) < 4.78 is 10.5. The van der Waals surface area contributed by atoms with E-state index < -0.39 is 23.4 Å². The maximum Gasteiger partial charge on any atom is 0.414 e. The van der Waals surface area contributed by atoms with Gasteiger partial charge in [0.25, 0.3) is 0 Å². The Morgan fingerprint density at radius 3 is 1.89 bits per heavy atom. The first-order valence-electron chi connectivity index (χ1n) is 12.9. The fraction of sp³-hybridized carbons (Fsp3) is 0.607. The van der Waals surface area contributed by atoms with Crippen LogP contribution in [0, 0.1) is 0 Å². The van der Waals surface area contributed by atoms with Crippen molar-refractivity contribution in [2.24, 2.45) is 4.99 Å². The highest BCUT2D eigenvalue weighted by Crippen LogP contribution is 2.08. The Bertz CT molecular complexity index is 792. The van der Waals surface area contributed by atoms with Gasteiger partial charge in [-0.2, -0.15) is 0 Å². The molecule has 0 bridgehead atoms. The summed E-state index contributed by atoms with van der Waals surface area (Å²) in [7, 11) is 0. The first kappa shape index (κ1) is 31.2. The highest BCUT2D eigenvalue weighted by molar-refractivity contribution is 6.01. The molecule has 8 nitrogen and oxygen atoms in total. The number of ether oxygens (including phenoxy) is 2. The normalized spacial score (nSPS) is 11.7. The van der Waals surface area contributed by atoms with E-state index in [1.807, 2.05) is 18.2 Å². The fourth-order valence-electron chi connectivity index (χ4n) is 3.12. The summed E-state index contributed by atoms with van der Waals surface area (Å²) in [5, 5.41) is 8.45. The van der Waals surface area contributed by atoms with Crippen LogP contribution in [0.15, 0.2) is 41.4 Å². The molecule has 2 amide bonds. The number of amides is 2.